The van der Waals surface area contributed by atoms with Crippen LogP contribution < -0.4 is 0 Å². The van der Waals surface area contributed by atoms with Gasteiger partial charge in [-0.3, -0.25) is 4.98 Å². The number of thiazole rings is 1. The third-order valence-corrected chi connectivity index (χ3v) is 4.37. The number of pyridine rings is 1. The molecule has 1 aromatic carbocycles. The van der Waals surface area contributed by atoms with Crippen LogP contribution in [0.1, 0.15) is 4.88 Å². The third kappa shape index (κ3) is 2.60. The Bertz CT molecular complexity index is 690. The molecule has 0 aliphatic rings. The molecule has 4 heteroatoms. The highest BCUT2D eigenvalue weighted by atomic mass is 79.9. The molecule has 0 saturated carbocycles. The zero-order valence-electron chi connectivity index (χ0n) is 10.3. The summed E-state index contributed by atoms with van der Waals surface area (Å²) in [4.78, 5) is 10.1. The fraction of sp³-hybridized carbons (Fsp3) is 0.0667. The van der Waals surface area contributed by atoms with Gasteiger partial charge in [-0.2, -0.15) is 0 Å². The summed E-state index contributed by atoms with van der Waals surface area (Å²) in [6.07, 6.45) is 3.63. The summed E-state index contributed by atoms with van der Waals surface area (Å²) in [7, 11) is 0. The predicted octanol–water partition coefficient (Wildman–Crippen LogP) is 4.94. The molecule has 0 aliphatic carbocycles. The molecule has 3 aromatic rings. The lowest BCUT2D eigenvalue weighted by atomic mass is 10.1. The van der Waals surface area contributed by atoms with E-state index in [-0.39, 0.29) is 0 Å². The summed E-state index contributed by atoms with van der Waals surface area (Å²) in [5.41, 5.74) is 3.27. The van der Waals surface area contributed by atoms with Crippen molar-refractivity contribution in [3.05, 3.63) is 58.1 Å². The SMILES string of the molecule is Cc1sc(-c2cccnc2)nc1-c1ccc(Br)cc1. The largest absolute Gasteiger partial charge is 0.264 e. The summed E-state index contributed by atoms with van der Waals surface area (Å²) < 4.78 is 1.08. The van der Waals surface area contributed by atoms with E-state index in [4.69, 9.17) is 4.98 Å². The molecule has 3 rings (SSSR count). The summed E-state index contributed by atoms with van der Waals surface area (Å²) in [5.74, 6) is 0. The van der Waals surface area contributed by atoms with Gasteiger partial charge in [0.2, 0.25) is 0 Å². The van der Waals surface area contributed by atoms with Gasteiger partial charge in [0.1, 0.15) is 5.01 Å². The first-order chi connectivity index (χ1) is 9.24. The molecule has 0 bridgehead atoms. The van der Waals surface area contributed by atoms with Crippen molar-refractivity contribution >= 4 is 27.3 Å². The van der Waals surface area contributed by atoms with Crippen LogP contribution in [0, 0.1) is 6.92 Å². The van der Waals surface area contributed by atoms with Crippen LogP contribution in [-0.2, 0) is 0 Å². The lowest BCUT2D eigenvalue weighted by Crippen LogP contribution is -1.81. The van der Waals surface area contributed by atoms with E-state index in [1.54, 1.807) is 17.5 Å². The van der Waals surface area contributed by atoms with Crippen molar-refractivity contribution in [3.63, 3.8) is 0 Å². The van der Waals surface area contributed by atoms with E-state index < -0.39 is 0 Å². The molecule has 0 atom stereocenters. The fourth-order valence-electron chi connectivity index (χ4n) is 1.88. The average molecular weight is 331 g/mol. The Balaban J connectivity index is 2.05. The second-order valence-electron chi connectivity index (χ2n) is 4.17. The quantitative estimate of drug-likeness (QED) is 0.664. The molecule has 0 unspecified atom stereocenters. The highest BCUT2D eigenvalue weighted by molar-refractivity contribution is 9.10. The van der Waals surface area contributed by atoms with Gasteiger partial charge >= 0.3 is 0 Å². The number of hydrogen-bond donors (Lipinski definition) is 0. The van der Waals surface area contributed by atoms with Gasteiger partial charge in [0.25, 0.3) is 0 Å². The van der Waals surface area contributed by atoms with Crippen LogP contribution >= 0.6 is 27.3 Å². The van der Waals surface area contributed by atoms with E-state index in [9.17, 15) is 0 Å². The maximum absolute atomic E-state index is 4.74. The van der Waals surface area contributed by atoms with Crippen LogP contribution in [0.25, 0.3) is 21.8 Å². The Morgan fingerprint density at radius 2 is 1.84 bits per heavy atom. The van der Waals surface area contributed by atoms with Crippen LogP contribution in [0.5, 0.6) is 0 Å². The molecular weight excluding hydrogens is 320 g/mol. The van der Waals surface area contributed by atoms with Gasteiger partial charge in [-0.25, -0.2) is 4.98 Å². The van der Waals surface area contributed by atoms with Crippen LogP contribution in [0.3, 0.4) is 0 Å². The normalized spacial score (nSPS) is 10.6. The number of halogens is 1. The van der Waals surface area contributed by atoms with Crippen molar-refractivity contribution in [2.24, 2.45) is 0 Å². The predicted molar refractivity (Wildman–Crippen MR) is 83.2 cm³/mol. The molecule has 2 heterocycles. The van der Waals surface area contributed by atoms with Gasteiger partial charge in [0.15, 0.2) is 0 Å². The Hall–Kier alpha value is -1.52. The number of benzene rings is 1. The second kappa shape index (κ2) is 5.23. The van der Waals surface area contributed by atoms with Crippen LogP contribution in [0.15, 0.2) is 53.3 Å². The highest BCUT2D eigenvalue weighted by Crippen LogP contribution is 2.33. The minimum Gasteiger partial charge on any atom is -0.264 e. The second-order valence-corrected chi connectivity index (χ2v) is 6.29. The van der Waals surface area contributed by atoms with Crippen LogP contribution in [-0.4, -0.2) is 9.97 Å². The molecule has 2 aromatic heterocycles. The van der Waals surface area contributed by atoms with Crippen molar-refractivity contribution in [2.45, 2.75) is 6.92 Å². The summed E-state index contributed by atoms with van der Waals surface area (Å²) >= 11 is 5.16. The van der Waals surface area contributed by atoms with E-state index >= 15 is 0 Å². The number of aromatic nitrogens is 2. The van der Waals surface area contributed by atoms with E-state index in [0.717, 1.165) is 26.3 Å². The molecular formula is C15H11BrN2S. The first kappa shape index (κ1) is 12.5. The lowest BCUT2D eigenvalue weighted by molar-refractivity contribution is 1.31. The number of aryl methyl sites for hydroxylation is 1. The minimum atomic E-state index is 1.02. The third-order valence-electron chi connectivity index (χ3n) is 2.82. The van der Waals surface area contributed by atoms with Crippen molar-refractivity contribution in [1.82, 2.24) is 9.97 Å². The molecule has 0 aliphatic heterocycles. The first-order valence-corrected chi connectivity index (χ1v) is 7.49. The lowest BCUT2D eigenvalue weighted by Gasteiger charge is -1.98. The van der Waals surface area contributed by atoms with E-state index in [0.29, 0.717) is 0 Å². The number of hydrogen-bond acceptors (Lipinski definition) is 3. The number of nitrogens with zero attached hydrogens (tertiary/aromatic N) is 2. The standard InChI is InChI=1S/C15H11BrN2S/c1-10-14(11-4-6-13(16)7-5-11)18-15(19-10)12-3-2-8-17-9-12/h2-9H,1H3. The molecule has 19 heavy (non-hydrogen) atoms. The first-order valence-electron chi connectivity index (χ1n) is 5.88. The molecule has 0 radical (unpaired) electrons. The monoisotopic (exact) mass is 330 g/mol. The Kier molecular flexibility index (Phi) is 3.44. The maximum atomic E-state index is 4.74. The van der Waals surface area contributed by atoms with E-state index in [2.05, 4.69) is 40.0 Å². The molecule has 0 N–H and O–H groups in total. The zero-order chi connectivity index (χ0) is 13.2. The van der Waals surface area contributed by atoms with Crippen LogP contribution in [0.2, 0.25) is 0 Å². The molecule has 94 valence electrons. The summed E-state index contributed by atoms with van der Waals surface area (Å²) in [5, 5.41) is 1.02. The summed E-state index contributed by atoms with van der Waals surface area (Å²) in [6, 6.07) is 12.2. The van der Waals surface area contributed by atoms with Gasteiger partial charge in [-0.1, -0.05) is 28.1 Å². The van der Waals surface area contributed by atoms with Crippen molar-refractivity contribution < 1.29 is 0 Å². The zero-order valence-corrected chi connectivity index (χ0v) is 12.7. The molecule has 0 spiro atoms. The Morgan fingerprint density at radius 1 is 1.05 bits per heavy atom. The van der Waals surface area contributed by atoms with E-state index in [1.807, 2.05) is 30.5 Å². The smallest absolute Gasteiger partial charge is 0.125 e. The summed E-state index contributed by atoms with van der Waals surface area (Å²) in [6.45, 7) is 2.11. The average Bonchev–Trinajstić information content (AvgIpc) is 2.83. The van der Waals surface area contributed by atoms with Crippen molar-refractivity contribution in [3.8, 4) is 21.8 Å². The van der Waals surface area contributed by atoms with Gasteiger partial charge in [0, 0.05) is 32.9 Å². The van der Waals surface area contributed by atoms with Gasteiger partial charge < -0.3 is 0 Å². The van der Waals surface area contributed by atoms with E-state index in [1.165, 1.54) is 4.88 Å². The van der Waals surface area contributed by atoms with Gasteiger partial charge in [0.05, 0.1) is 5.69 Å². The molecule has 0 amide bonds. The van der Waals surface area contributed by atoms with Crippen molar-refractivity contribution in [1.29, 1.82) is 0 Å². The Labute approximate surface area is 124 Å². The number of rotatable bonds is 2. The van der Waals surface area contributed by atoms with Crippen LogP contribution in [0.4, 0.5) is 0 Å². The topological polar surface area (TPSA) is 25.8 Å². The fourth-order valence-corrected chi connectivity index (χ4v) is 3.07. The molecule has 0 fully saturated rings. The maximum Gasteiger partial charge on any atom is 0.125 e. The molecule has 0 saturated heterocycles. The van der Waals surface area contributed by atoms with Gasteiger partial charge in [-0.15, -0.1) is 11.3 Å². The van der Waals surface area contributed by atoms with Crippen molar-refractivity contribution in [2.75, 3.05) is 0 Å². The Morgan fingerprint density at radius 3 is 2.53 bits per heavy atom. The minimum absolute atomic E-state index is 1.02. The molecule has 2 nitrogen and oxygen atoms in total. The van der Waals surface area contributed by atoms with Gasteiger partial charge in [-0.05, 0) is 31.2 Å². The highest BCUT2D eigenvalue weighted by Gasteiger charge is 2.11.